The highest BCUT2D eigenvalue weighted by molar-refractivity contribution is 6.17. The van der Waals surface area contributed by atoms with Crippen molar-refractivity contribution in [3.63, 3.8) is 0 Å². The van der Waals surface area contributed by atoms with Crippen molar-refractivity contribution < 1.29 is 0 Å². The zero-order chi connectivity index (χ0) is 8.53. The fourth-order valence-electron chi connectivity index (χ4n) is 1.06. The Morgan fingerprint density at radius 2 is 2.09 bits per heavy atom. The third-order valence-electron chi connectivity index (χ3n) is 1.78. The predicted octanol–water partition coefficient (Wildman–Crippen LogP) is 4.14. The van der Waals surface area contributed by atoms with Gasteiger partial charge in [0.25, 0.3) is 0 Å². The molecule has 0 heterocycles. The van der Waals surface area contributed by atoms with Gasteiger partial charge in [-0.25, -0.2) is 0 Å². The molecule has 0 saturated heterocycles. The van der Waals surface area contributed by atoms with E-state index >= 15 is 0 Å². The van der Waals surface area contributed by atoms with Gasteiger partial charge in [0.15, 0.2) is 0 Å². The largest absolute Gasteiger partial charge is 0.126 e. The maximum absolute atomic E-state index is 5.56. The monoisotopic (exact) mass is 174 g/mol. The normalized spacial score (nSPS) is 12.1. The van der Waals surface area contributed by atoms with Crippen LogP contribution in [0.5, 0.6) is 0 Å². The Morgan fingerprint density at radius 1 is 1.36 bits per heavy atom. The zero-order valence-electron chi connectivity index (χ0n) is 7.70. The number of hydrogen-bond acceptors (Lipinski definition) is 0. The second kappa shape index (κ2) is 8.13. The Bertz CT molecular complexity index is 105. The Balaban J connectivity index is 3.27. The molecular formula is C10H19Cl. The molecule has 0 saturated carbocycles. The summed E-state index contributed by atoms with van der Waals surface area (Å²) in [6, 6.07) is 0. The van der Waals surface area contributed by atoms with Gasteiger partial charge in [-0.05, 0) is 26.2 Å². The van der Waals surface area contributed by atoms with Crippen molar-refractivity contribution in [3.8, 4) is 0 Å². The predicted molar refractivity (Wildman–Crippen MR) is 53.2 cm³/mol. The number of rotatable bonds is 6. The molecule has 0 aromatic heterocycles. The summed E-state index contributed by atoms with van der Waals surface area (Å²) in [6.07, 6.45) is 8.53. The van der Waals surface area contributed by atoms with E-state index in [2.05, 4.69) is 19.9 Å². The Kier molecular flexibility index (Phi) is 8.15. The first kappa shape index (κ1) is 11.0. The number of allylic oxidation sites excluding steroid dienone is 2. The molecule has 0 bridgehead atoms. The average molecular weight is 175 g/mol. The summed E-state index contributed by atoms with van der Waals surface area (Å²) in [7, 11) is 0. The molecule has 0 N–H and O–H groups in total. The molecule has 0 unspecified atom stereocenters. The number of hydrogen-bond donors (Lipinski definition) is 0. The second-order valence-electron chi connectivity index (χ2n) is 2.99. The molecule has 0 aliphatic heterocycles. The fraction of sp³-hybridized carbons (Fsp3) is 0.800. The van der Waals surface area contributed by atoms with Gasteiger partial charge in [0, 0.05) is 5.88 Å². The van der Waals surface area contributed by atoms with Gasteiger partial charge in [0.1, 0.15) is 0 Å². The van der Waals surface area contributed by atoms with Crippen LogP contribution >= 0.6 is 11.6 Å². The first-order valence-corrected chi connectivity index (χ1v) is 5.06. The van der Waals surface area contributed by atoms with Crippen molar-refractivity contribution in [2.45, 2.75) is 46.0 Å². The molecule has 1 heteroatoms. The van der Waals surface area contributed by atoms with E-state index in [0.717, 1.165) is 12.3 Å². The molecular weight excluding hydrogens is 156 g/mol. The first-order valence-electron chi connectivity index (χ1n) is 4.52. The van der Waals surface area contributed by atoms with E-state index in [1.807, 2.05) is 0 Å². The van der Waals surface area contributed by atoms with Gasteiger partial charge < -0.3 is 0 Å². The van der Waals surface area contributed by atoms with Crippen molar-refractivity contribution in [1.29, 1.82) is 0 Å². The van der Waals surface area contributed by atoms with Gasteiger partial charge in [0.2, 0.25) is 0 Å². The van der Waals surface area contributed by atoms with E-state index in [1.54, 1.807) is 0 Å². The third-order valence-corrected chi connectivity index (χ3v) is 1.99. The van der Waals surface area contributed by atoms with Crippen LogP contribution in [0.25, 0.3) is 0 Å². The second-order valence-corrected chi connectivity index (χ2v) is 3.36. The highest BCUT2D eigenvalue weighted by atomic mass is 35.5. The minimum absolute atomic E-state index is 0.755. The average Bonchev–Trinajstić information content (AvgIpc) is 2.01. The molecule has 11 heavy (non-hydrogen) atoms. The molecule has 0 radical (unpaired) electrons. The number of unbranched alkanes of at least 4 members (excludes halogenated alkanes) is 2. The lowest BCUT2D eigenvalue weighted by molar-refractivity contribution is 0.711. The lowest BCUT2D eigenvalue weighted by Crippen LogP contribution is -1.79. The van der Waals surface area contributed by atoms with Crippen molar-refractivity contribution in [3.05, 3.63) is 11.6 Å². The van der Waals surface area contributed by atoms with Crippen LogP contribution in [-0.2, 0) is 0 Å². The van der Waals surface area contributed by atoms with Crippen LogP contribution < -0.4 is 0 Å². The molecule has 0 aromatic rings. The topological polar surface area (TPSA) is 0 Å². The molecule has 0 spiro atoms. The Labute approximate surface area is 75.6 Å². The zero-order valence-corrected chi connectivity index (χ0v) is 8.45. The highest BCUT2D eigenvalue weighted by Gasteiger charge is 1.89. The van der Waals surface area contributed by atoms with E-state index in [4.69, 9.17) is 11.6 Å². The van der Waals surface area contributed by atoms with E-state index in [1.165, 1.54) is 31.3 Å². The summed E-state index contributed by atoms with van der Waals surface area (Å²) in [5.41, 5.74) is 1.50. The van der Waals surface area contributed by atoms with E-state index in [0.29, 0.717) is 0 Å². The highest BCUT2D eigenvalue weighted by Crippen LogP contribution is 2.08. The maximum Gasteiger partial charge on any atom is 0.0258 e. The van der Waals surface area contributed by atoms with Gasteiger partial charge in [-0.1, -0.05) is 31.4 Å². The molecule has 0 aliphatic carbocycles. The summed E-state index contributed by atoms with van der Waals surface area (Å²) in [5.74, 6) is 0.755. The molecule has 0 amide bonds. The van der Waals surface area contributed by atoms with Crippen LogP contribution in [0.3, 0.4) is 0 Å². The summed E-state index contributed by atoms with van der Waals surface area (Å²) in [5, 5.41) is 0. The Hall–Kier alpha value is 0.0300. The maximum atomic E-state index is 5.56. The van der Waals surface area contributed by atoms with Crippen LogP contribution in [0.15, 0.2) is 11.6 Å². The number of alkyl halides is 1. The molecule has 0 nitrogen and oxygen atoms in total. The van der Waals surface area contributed by atoms with Crippen molar-refractivity contribution >= 4 is 11.6 Å². The lowest BCUT2D eigenvalue weighted by Gasteiger charge is -1.98. The third kappa shape index (κ3) is 7.93. The molecule has 0 aromatic carbocycles. The lowest BCUT2D eigenvalue weighted by atomic mass is 10.1. The van der Waals surface area contributed by atoms with Crippen LogP contribution in [0.4, 0.5) is 0 Å². The molecule has 0 atom stereocenters. The minimum Gasteiger partial charge on any atom is -0.126 e. The van der Waals surface area contributed by atoms with Crippen LogP contribution in [0.2, 0.25) is 0 Å². The first-order chi connectivity index (χ1) is 5.31. The molecule has 66 valence electrons. The summed E-state index contributed by atoms with van der Waals surface area (Å²) < 4.78 is 0. The minimum atomic E-state index is 0.755. The van der Waals surface area contributed by atoms with E-state index in [-0.39, 0.29) is 0 Å². The van der Waals surface area contributed by atoms with Gasteiger partial charge in [0.05, 0.1) is 0 Å². The van der Waals surface area contributed by atoms with Gasteiger partial charge in [-0.2, -0.15) is 0 Å². The van der Waals surface area contributed by atoms with Gasteiger partial charge in [-0.3, -0.25) is 0 Å². The Morgan fingerprint density at radius 3 is 2.64 bits per heavy atom. The van der Waals surface area contributed by atoms with Crippen molar-refractivity contribution in [2.24, 2.45) is 0 Å². The van der Waals surface area contributed by atoms with Gasteiger partial charge >= 0.3 is 0 Å². The quantitative estimate of drug-likeness (QED) is 0.323. The molecule has 0 aliphatic rings. The standard InChI is InChI=1S/C10H19Cl/c1-3-4-5-7-10(2)8-6-9-11/h8H,3-7,9H2,1-2H3/b10-8+. The number of halogens is 1. The van der Waals surface area contributed by atoms with Crippen LogP contribution in [0, 0.1) is 0 Å². The molecule has 0 fully saturated rings. The van der Waals surface area contributed by atoms with Crippen molar-refractivity contribution in [2.75, 3.05) is 5.88 Å². The SMILES string of the molecule is CCCCC/C(C)=C/CCCl. The van der Waals surface area contributed by atoms with Crippen LogP contribution in [0.1, 0.15) is 46.0 Å². The van der Waals surface area contributed by atoms with Gasteiger partial charge in [-0.15, -0.1) is 11.6 Å². The van der Waals surface area contributed by atoms with E-state index in [9.17, 15) is 0 Å². The smallest absolute Gasteiger partial charge is 0.0258 e. The fourth-order valence-corrected chi connectivity index (χ4v) is 1.17. The van der Waals surface area contributed by atoms with E-state index < -0.39 is 0 Å². The van der Waals surface area contributed by atoms with Crippen molar-refractivity contribution in [1.82, 2.24) is 0 Å². The summed E-state index contributed by atoms with van der Waals surface area (Å²) >= 11 is 5.56. The van der Waals surface area contributed by atoms with Crippen LogP contribution in [-0.4, -0.2) is 5.88 Å². The summed E-state index contributed by atoms with van der Waals surface area (Å²) in [4.78, 5) is 0. The molecule has 0 rings (SSSR count). The summed E-state index contributed by atoms with van der Waals surface area (Å²) in [6.45, 7) is 4.43.